The molecule has 0 saturated carbocycles. The number of aldehydes is 1. The molecule has 0 radical (unpaired) electrons. The van der Waals surface area contributed by atoms with E-state index >= 15 is 0 Å². The second kappa shape index (κ2) is 7.13. The quantitative estimate of drug-likeness (QED) is 0.738. The molecule has 0 spiro atoms. The van der Waals surface area contributed by atoms with Crippen molar-refractivity contribution >= 4 is 33.8 Å². The summed E-state index contributed by atoms with van der Waals surface area (Å²) in [6, 6.07) is 4.24. The van der Waals surface area contributed by atoms with E-state index in [1.165, 1.54) is 18.4 Å². The van der Waals surface area contributed by atoms with Gasteiger partial charge in [-0.25, -0.2) is 9.97 Å². The summed E-state index contributed by atoms with van der Waals surface area (Å²) in [5.41, 5.74) is 5.47. The summed E-state index contributed by atoms with van der Waals surface area (Å²) in [7, 11) is 1.50. The largest absolute Gasteiger partial charge is 0.367 e. The SMILES string of the molecule is CC1(C)CC(Nc2ccc3nc(C=O)sc3n2)CC(C)(C)N1.CN. The maximum Gasteiger partial charge on any atom is 0.178 e. The highest BCUT2D eigenvalue weighted by Gasteiger charge is 2.37. The Morgan fingerprint density at radius 1 is 1.21 bits per heavy atom. The van der Waals surface area contributed by atoms with Gasteiger partial charge in [-0.05, 0) is 59.7 Å². The molecule has 3 rings (SSSR count). The molecular weight excluding hydrogens is 322 g/mol. The summed E-state index contributed by atoms with van der Waals surface area (Å²) in [6.07, 6.45) is 2.86. The Balaban J connectivity index is 0.00000100. The van der Waals surface area contributed by atoms with Gasteiger partial charge in [0.05, 0.1) is 0 Å². The Morgan fingerprint density at radius 2 is 1.83 bits per heavy atom. The van der Waals surface area contributed by atoms with Crippen LogP contribution in [0, 0.1) is 0 Å². The number of aromatic nitrogens is 2. The monoisotopic (exact) mass is 349 g/mol. The maximum atomic E-state index is 10.8. The minimum atomic E-state index is 0.0959. The number of rotatable bonds is 3. The molecule has 0 aromatic carbocycles. The predicted octanol–water partition coefficient (Wildman–Crippen LogP) is 2.80. The maximum absolute atomic E-state index is 10.8. The van der Waals surface area contributed by atoms with Gasteiger partial charge in [-0.1, -0.05) is 11.3 Å². The van der Waals surface area contributed by atoms with Gasteiger partial charge in [0.2, 0.25) is 0 Å². The van der Waals surface area contributed by atoms with E-state index in [1.807, 2.05) is 12.1 Å². The lowest BCUT2D eigenvalue weighted by molar-refractivity contribution is 0.112. The van der Waals surface area contributed by atoms with Crippen LogP contribution in [0.15, 0.2) is 12.1 Å². The zero-order valence-corrected chi connectivity index (χ0v) is 15.8. The van der Waals surface area contributed by atoms with Gasteiger partial charge in [-0.2, -0.15) is 0 Å². The van der Waals surface area contributed by atoms with Gasteiger partial charge in [-0.3, -0.25) is 4.79 Å². The number of piperidine rings is 1. The van der Waals surface area contributed by atoms with Crippen molar-refractivity contribution in [1.29, 1.82) is 0 Å². The molecule has 0 aliphatic carbocycles. The fourth-order valence-electron chi connectivity index (χ4n) is 3.60. The third-order valence-electron chi connectivity index (χ3n) is 3.92. The van der Waals surface area contributed by atoms with Crippen LogP contribution in [0.2, 0.25) is 0 Å². The first-order valence-electron chi connectivity index (χ1n) is 8.13. The van der Waals surface area contributed by atoms with Gasteiger partial charge < -0.3 is 16.4 Å². The van der Waals surface area contributed by atoms with Crippen molar-refractivity contribution in [2.24, 2.45) is 5.73 Å². The summed E-state index contributed by atoms with van der Waals surface area (Å²) in [5.74, 6) is 0.854. The van der Waals surface area contributed by atoms with Crippen molar-refractivity contribution in [3.63, 3.8) is 0 Å². The molecule has 2 aromatic rings. The number of nitrogens with two attached hydrogens (primary N) is 1. The fourth-order valence-corrected chi connectivity index (χ4v) is 4.35. The van der Waals surface area contributed by atoms with Crippen LogP contribution in [0.4, 0.5) is 5.82 Å². The second-order valence-electron chi connectivity index (χ2n) is 7.33. The molecule has 132 valence electrons. The van der Waals surface area contributed by atoms with Crippen LogP contribution < -0.4 is 16.4 Å². The normalized spacial score (nSPS) is 19.4. The summed E-state index contributed by atoms with van der Waals surface area (Å²) in [5, 5.41) is 7.71. The summed E-state index contributed by atoms with van der Waals surface area (Å²) in [4.78, 5) is 20.4. The zero-order chi connectivity index (χ0) is 18.0. The molecule has 0 atom stereocenters. The van der Waals surface area contributed by atoms with E-state index in [1.54, 1.807) is 0 Å². The molecular formula is C17H27N5OS. The Kier molecular flexibility index (Phi) is 5.57. The van der Waals surface area contributed by atoms with E-state index in [0.29, 0.717) is 11.0 Å². The van der Waals surface area contributed by atoms with E-state index < -0.39 is 0 Å². The number of hydrogen-bond donors (Lipinski definition) is 3. The van der Waals surface area contributed by atoms with Crippen LogP contribution in [0.5, 0.6) is 0 Å². The predicted molar refractivity (Wildman–Crippen MR) is 101 cm³/mol. The van der Waals surface area contributed by atoms with Crippen LogP contribution in [-0.2, 0) is 0 Å². The van der Waals surface area contributed by atoms with Crippen molar-refractivity contribution in [1.82, 2.24) is 15.3 Å². The van der Waals surface area contributed by atoms with Crippen LogP contribution in [0.1, 0.15) is 50.3 Å². The lowest BCUT2D eigenvalue weighted by atomic mass is 9.79. The third-order valence-corrected chi connectivity index (χ3v) is 4.81. The molecule has 7 heteroatoms. The molecule has 0 bridgehead atoms. The number of thiazole rings is 1. The number of hydrogen-bond acceptors (Lipinski definition) is 7. The van der Waals surface area contributed by atoms with Gasteiger partial charge in [0.1, 0.15) is 16.2 Å². The molecule has 3 heterocycles. The number of carbonyl (C=O) groups excluding carboxylic acids is 1. The minimum absolute atomic E-state index is 0.0959. The van der Waals surface area contributed by atoms with Gasteiger partial charge in [0.15, 0.2) is 11.3 Å². The Labute approximate surface area is 147 Å². The average Bonchev–Trinajstić information content (AvgIpc) is 2.88. The smallest absolute Gasteiger partial charge is 0.178 e. The van der Waals surface area contributed by atoms with Crippen molar-refractivity contribution in [2.75, 3.05) is 12.4 Å². The fraction of sp³-hybridized carbons (Fsp3) is 0.588. The molecule has 4 N–H and O–H groups in total. The first kappa shape index (κ1) is 18.8. The van der Waals surface area contributed by atoms with Crippen molar-refractivity contribution in [3.8, 4) is 0 Å². The topological polar surface area (TPSA) is 92.9 Å². The number of nitrogens with zero attached hydrogens (tertiary/aromatic N) is 2. The molecule has 6 nitrogen and oxygen atoms in total. The minimum Gasteiger partial charge on any atom is -0.367 e. The van der Waals surface area contributed by atoms with E-state index in [2.05, 4.69) is 54.0 Å². The van der Waals surface area contributed by atoms with Crippen molar-refractivity contribution in [2.45, 2.75) is 57.7 Å². The number of carbonyl (C=O) groups is 1. The molecule has 24 heavy (non-hydrogen) atoms. The highest BCUT2D eigenvalue weighted by molar-refractivity contribution is 7.19. The molecule has 0 amide bonds. The lowest BCUT2D eigenvalue weighted by Gasteiger charge is -2.46. The lowest BCUT2D eigenvalue weighted by Crippen LogP contribution is -2.60. The van der Waals surface area contributed by atoms with E-state index in [4.69, 9.17) is 0 Å². The van der Waals surface area contributed by atoms with Crippen molar-refractivity contribution in [3.05, 3.63) is 17.1 Å². The highest BCUT2D eigenvalue weighted by atomic mass is 32.1. The molecule has 1 aliphatic heterocycles. The van der Waals surface area contributed by atoms with Crippen LogP contribution >= 0.6 is 11.3 Å². The summed E-state index contributed by atoms with van der Waals surface area (Å²) in [6.45, 7) is 8.94. The summed E-state index contributed by atoms with van der Waals surface area (Å²) < 4.78 is 0. The van der Waals surface area contributed by atoms with Gasteiger partial charge >= 0.3 is 0 Å². The molecule has 0 unspecified atom stereocenters. The number of fused-ring (bicyclic) bond motifs is 1. The molecule has 1 aliphatic rings. The first-order valence-corrected chi connectivity index (χ1v) is 8.94. The first-order chi connectivity index (χ1) is 11.3. The standard InChI is InChI=1S/C16H22N4OS.CH5N/c1-15(2)7-10(8-16(3,4)20-15)17-12-6-5-11-14(19-12)22-13(9-21)18-11;1-2/h5-6,9-10,20H,7-8H2,1-4H3,(H,17,19);2H2,1H3. The molecule has 1 saturated heterocycles. The van der Waals surface area contributed by atoms with Gasteiger partial charge in [-0.15, -0.1) is 0 Å². The Bertz CT molecular complexity index is 694. The Morgan fingerprint density at radius 3 is 2.42 bits per heavy atom. The van der Waals surface area contributed by atoms with Gasteiger partial charge in [0, 0.05) is 17.1 Å². The van der Waals surface area contributed by atoms with Crippen LogP contribution in [0.3, 0.4) is 0 Å². The number of anilines is 1. The third kappa shape index (κ3) is 4.49. The van der Waals surface area contributed by atoms with E-state index in [9.17, 15) is 4.79 Å². The van der Waals surface area contributed by atoms with Crippen molar-refractivity contribution < 1.29 is 4.79 Å². The number of pyridine rings is 1. The Hall–Kier alpha value is -1.57. The molecule has 1 fully saturated rings. The van der Waals surface area contributed by atoms with Crippen LogP contribution in [-0.4, -0.2) is 40.4 Å². The van der Waals surface area contributed by atoms with Crippen LogP contribution in [0.25, 0.3) is 10.3 Å². The number of nitrogens with one attached hydrogen (secondary N) is 2. The zero-order valence-electron chi connectivity index (χ0n) is 15.0. The highest BCUT2D eigenvalue weighted by Crippen LogP contribution is 2.30. The average molecular weight is 350 g/mol. The second-order valence-corrected chi connectivity index (χ2v) is 8.34. The van der Waals surface area contributed by atoms with Gasteiger partial charge in [0.25, 0.3) is 0 Å². The molecule has 2 aromatic heterocycles. The summed E-state index contributed by atoms with van der Waals surface area (Å²) >= 11 is 1.33. The van der Waals surface area contributed by atoms with E-state index in [-0.39, 0.29) is 11.1 Å². The van der Waals surface area contributed by atoms with E-state index in [0.717, 1.165) is 35.3 Å².